The molecule has 4 nitrogen and oxygen atoms in total. The highest BCUT2D eigenvalue weighted by atomic mass is 16.2. The van der Waals surface area contributed by atoms with Crippen molar-refractivity contribution in [1.82, 2.24) is 0 Å². The van der Waals surface area contributed by atoms with Gasteiger partial charge in [-0.05, 0) is 44.5 Å². The van der Waals surface area contributed by atoms with Gasteiger partial charge in [0.2, 0.25) is 5.91 Å². The number of amides is 1. The van der Waals surface area contributed by atoms with Gasteiger partial charge in [-0.15, -0.1) is 0 Å². The molecule has 0 spiro atoms. The van der Waals surface area contributed by atoms with Crippen LogP contribution in [0.5, 0.6) is 0 Å². The van der Waals surface area contributed by atoms with E-state index >= 15 is 0 Å². The molecule has 0 aliphatic carbocycles. The normalized spacial score (nSPS) is 17.8. The van der Waals surface area contributed by atoms with Gasteiger partial charge >= 0.3 is 0 Å². The molecule has 0 atom stereocenters. The highest BCUT2D eigenvalue weighted by Crippen LogP contribution is 2.37. The first-order valence-electron chi connectivity index (χ1n) is 5.73. The van der Waals surface area contributed by atoms with E-state index < -0.39 is 5.41 Å². The minimum Gasteiger partial charge on any atom is -0.384 e. The highest BCUT2D eigenvalue weighted by Gasteiger charge is 2.38. The number of fused-ring (bicyclic) bond motifs is 1. The average molecular weight is 231 g/mol. The van der Waals surface area contributed by atoms with Gasteiger partial charge in [0.25, 0.3) is 0 Å². The summed E-state index contributed by atoms with van der Waals surface area (Å²) >= 11 is 0. The quantitative estimate of drug-likeness (QED) is 0.600. The molecule has 1 aliphatic heterocycles. The van der Waals surface area contributed by atoms with E-state index in [4.69, 9.17) is 5.73 Å². The van der Waals surface area contributed by atoms with Crippen LogP contribution in [0.25, 0.3) is 0 Å². The molecule has 0 radical (unpaired) electrons. The molecule has 4 heteroatoms. The van der Waals surface area contributed by atoms with Crippen molar-refractivity contribution in [2.45, 2.75) is 26.2 Å². The molecular weight excluding hydrogens is 214 g/mol. The molecule has 0 saturated heterocycles. The van der Waals surface area contributed by atoms with Crippen LogP contribution in [0.15, 0.2) is 23.2 Å². The van der Waals surface area contributed by atoms with Gasteiger partial charge in [-0.2, -0.15) is 0 Å². The Kier molecular flexibility index (Phi) is 2.65. The monoisotopic (exact) mass is 231 g/mol. The minimum atomic E-state index is -0.502. The molecular formula is C13H17N3O. The maximum Gasteiger partial charge on any atom is 0.234 e. The molecule has 1 amide bonds. The number of amidine groups is 1. The lowest BCUT2D eigenvalue weighted by molar-refractivity contribution is -0.119. The fourth-order valence-electron chi connectivity index (χ4n) is 1.99. The first-order chi connectivity index (χ1) is 7.96. The van der Waals surface area contributed by atoms with E-state index in [1.165, 1.54) is 0 Å². The van der Waals surface area contributed by atoms with Crippen molar-refractivity contribution in [1.29, 1.82) is 0 Å². The number of hydrogen-bond acceptors (Lipinski definition) is 2. The molecule has 1 aromatic carbocycles. The number of anilines is 1. The Hall–Kier alpha value is -1.84. The third-order valence-electron chi connectivity index (χ3n) is 3.13. The van der Waals surface area contributed by atoms with Crippen LogP contribution >= 0.6 is 0 Å². The van der Waals surface area contributed by atoms with Crippen LogP contribution in [-0.2, 0) is 10.2 Å². The van der Waals surface area contributed by atoms with E-state index in [9.17, 15) is 4.79 Å². The van der Waals surface area contributed by atoms with Gasteiger partial charge in [0, 0.05) is 17.8 Å². The Morgan fingerprint density at radius 2 is 2.18 bits per heavy atom. The number of rotatable bonds is 2. The van der Waals surface area contributed by atoms with Gasteiger partial charge in [0.1, 0.15) is 5.84 Å². The summed E-state index contributed by atoms with van der Waals surface area (Å²) in [7, 11) is 0. The summed E-state index contributed by atoms with van der Waals surface area (Å²) < 4.78 is 0. The number of nitrogens with two attached hydrogens (primary N) is 1. The van der Waals surface area contributed by atoms with Gasteiger partial charge in [0.15, 0.2) is 0 Å². The lowest BCUT2D eigenvalue weighted by Crippen LogP contribution is -2.27. The summed E-state index contributed by atoms with van der Waals surface area (Å²) in [6.07, 6.45) is 0. The number of hydrogen-bond donors (Lipinski definition) is 2. The molecule has 0 fully saturated rings. The third kappa shape index (κ3) is 1.79. The van der Waals surface area contributed by atoms with Crippen molar-refractivity contribution in [3.8, 4) is 0 Å². The Morgan fingerprint density at radius 3 is 2.82 bits per heavy atom. The lowest BCUT2D eigenvalue weighted by Gasteiger charge is -2.15. The maximum absolute atomic E-state index is 11.8. The lowest BCUT2D eigenvalue weighted by atomic mass is 9.85. The zero-order valence-electron chi connectivity index (χ0n) is 10.4. The number of benzene rings is 1. The number of carbonyl (C=O) groups is 1. The number of carbonyl (C=O) groups excluding carboxylic acids is 1. The number of aliphatic imine (C=N–C) groups is 1. The van der Waals surface area contributed by atoms with Gasteiger partial charge in [-0.1, -0.05) is 0 Å². The smallest absolute Gasteiger partial charge is 0.234 e. The summed E-state index contributed by atoms with van der Waals surface area (Å²) in [5, 5.41) is 2.87. The summed E-state index contributed by atoms with van der Waals surface area (Å²) in [4.78, 5) is 16.0. The molecule has 0 saturated carbocycles. The fourth-order valence-corrected chi connectivity index (χ4v) is 1.99. The Labute approximate surface area is 101 Å². The van der Waals surface area contributed by atoms with Crippen LogP contribution in [0.1, 0.15) is 31.9 Å². The van der Waals surface area contributed by atoms with Crippen LogP contribution < -0.4 is 11.1 Å². The largest absolute Gasteiger partial charge is 0.384 e. The maximum atomic E-state index is 11.8. The minimum absolute atomic E-state index is 0.0238. The van der Waals surface area contributed by atoms with Crippen molar-refractivity contribution in [2.75, 3.05) is 11.9 Å². The predicted molar refractivity (Wildman–Crippen MR) is 69.4 cm³/mol. The summed E-state index contributed by atoms with van der Waals surface area (Å²) in [5.41, 5.74) is 8.09. The van der Waals surface area contributed by atoms with E-state index in [1.54, 1.807) is 0 Å². The van der Waals surface area contributed by atoms with Gasteiger partial charge in [0.05, 0.1) is 5.41 Å². The van der Waals surface area contributed by atoms with Crippen LogP contribution in [0.4, 0.5) is 5.69 Å². The molecule has 0 bridgehead atoms. The van der Waals surface area contributed by atoms with Crippen LogP contribution in [0.2, 0.25) is 0 Å². The molecule has 3 N–H and O–H groups in total. The van der Waals surface area contributed by atoms with Crippen molar-refractivity contribution >= 4 is 17.4 Å². The van der Waals surface area contributed by atoms with Crippen molar-refractivity contribution in [2.24, 2.45) is 10.7 Å². The topological polar surface area (TPSA) is 67.5 Å². The fraction of sp³-hybridized carbons (Fsp3) is 0.385. The third-order valence-corrected chi connectivity index (χ3v) is 3.13. The second kappa shape index (κ2) is 3.87. The molecule has 90 valence electrons. The van der Waals surface area contributed by atoms with Gasteiger partial charge < -0.3 is 11.1 Å². The average Bonchev–Trinajstić information content (AvgIpc) is 2.50. The zero-order valence-corrected chi connectivity index (χ0v) is 10.4. The molecule has 1 aliphatic rings. The Balaban J connectivity index is 2.49. The molecule has 0 aromatic heterocycles. The van der Waals surface area contributed by atoms with Crippen molar-refractivity contribution < 1.29 is 4.79 Å². The summed E-state index contributed by atoms with van der Waals surface area (Å²) in [5.74, 6) is 0.543. The summed E-state index contributed by atoms with van der Waals surface area (Å²) in [6, 6.07) is 5.71. The van der Waals surface area contributed by atoms with E-state index in [2.05, 4.69) is 10.3 Å². The molecule has 1 aromatic rings. The second-order valence-corrected chi connectivity index (χ2v) is 4.70. The van der Waals surface area contributed by atoms with Gasteiger partial charge in [-0.25, -0.2) is 0 Å². The van der Waals surface area contributed by atoms with E-state index in [0.29, 0.717) is 12.4 Å². The summed E-state index contributed by atoms with van der Waals surface area (Å²) in [6.45, 7) is 6.41. The van der Waals surface area contributed by atoms with Crippen molar-refractivity contribution in [3.63, 3.8) is 0 Å². The SMILES string of the molecule is CCN=C(N)c1ccc2c(c1)C(C)(C)C(=O)N2. The number of nitrogens with zero attached hydrogens (tertiary/aromatic N) is 1. The van der Waals surface area contributed by atoms with E-state index in [0.717, 1.165) is 16.8 Å². The van der Waals surface area contributed by atoms with Crippen molar-refractivity contribution in [3.05, 3.63) is 29.3 Å². The second-order valence-electron chi connectivity index (χ2n) is 4.70. The first kappa shape index (κ1) is 11.6. The zero-order chi connectivity index (χ0) is 12.6. The van der Waals surface area contributed by atoms with Crippen LogP contribution in [0.3, 0.4) is 0 Å². The molecule has 17 heavy (non-hydrogen) atoms. The molecule has 1 heterocycles. The highest BCUT2D eigenvalue weighted by molar-refractivity contribution is 6.07. The molecule has 2 rings (SSSR count). The number of nitrogens with one attached hydrogen (secondary N) is 1. The first-order valence-corrected chi connectivity index (χ1v) is 5.73. The Bertz CT molecular complexity index is 503. The Morgan fingerprint density at radius 1 is 1.47 bits per heavy atom. The predicted octanol–water partition coefficient (Wildman–Crippen LogP) is 1.64. The molecule has 0 unspecified atom stereocenters. The van der Waals surface area contributed by atoms with E-state index in [1.807, 2.05) is 39.0 Å². The van der Waals surface area contributed by atoms with Crippen LogP contribution in [-0.4, -0.2) is 18.3 Å². The van der Waals surface area contributed by atoms with E-state index in [-0.39, 0.29) is 5.91 Å². The van der Waals surface area contributed by atoms with Gasteiger partial charge in [-0.3, -0.25) is 9.79 Å². The van der Waals surface area contributed by atoms with Crippen LogP contribution in [0, 0.1) is 0 Å². The standard InChI is InChI=1S/C13H17N3O/c1-4-15-11(14)8-5-6-10-9(7-8)13(2,3)12(17)16-10/h5-7H,4H2,1-3H3,(H2,14,15)(H,16,17).